The van der Waals surface area contributed by atoms with Crippen LogP contribution in [0.15, 0.2) is 30.3 Å². The zero-order valence-corrected chi connectivity index (χ0v) is 15.0. The summed E-state index contributed by atoms with van der Waals surface area (Å²) in [5, 5.41) is 16.4. The normalized spacial score (nSPS) is 19.7. The minimum atomic E-state index is 0.137. The number of rotatable bonds is 6. The molecule has 0 aliphatic carbocycles. The lowest BCUT2D eigenvalue weighted by atomic mass is 10.1. The topological polar surface area (TPSA) is 75.6 Å². The summed E-state index contributed by atoms with van der Waals surface area (Å²) >= 11 is 6.45. The molecule has 1 fully saturated rings. The van der Waals surface area contributed by atoms with Crippen LogP contribution < -0.4 is 20.1 Å². The third-order valence-corrected chi connectivity index (χ3v) is 4.68. The Bertz CT molecular complexity index is 742. The molecule has 2 aromatic rings. The first kappa shape index (κ1) is 17.8. The minimum Gasteiger partial charge on any atom is -0.497 e. The Morgan fingerprint density at radius 3 is 2.84 bits per heavy atom. The molecule has 6 nitrogen and oxygen atoms in total. The van der Waals surface area contributed by atoms with Crippen molar-refractivity contribution in [1.82, 2.24) is 10.3 Å². The van der Waals surface area contributed by atoms with E-state index in [1.54, 1.807) is 20.3 Å². The molecule has 0 saturated carbocycles. The van der Waals surface area contributed by atoms with Gasteiger partial charge in [-0.15, -0.1) is 0 Å². The summed E-state index contributed by atoms with van der Waals surface area (Å²) in [5.41, 5.74) is 1.48. The van der Waals surface area contributed by atoms with Crippen LogP contribution in [0, 0.1) is 0 Å². The molecule has 0 amide bonds. The second-order valence-corrected chi connectivity index (χ2v) is 6.34. The highest BCUT2D eigenvalue weighted by Crippen LogP contribution is 2.38. The van der Waals surface area contributed by atoms with Crippen LogP contribution in [0.25, 0.3) is 11.3 Å². The van der Waals surface area contributed by atoms with Crippen LogP contribution in [-0.2, 0) is 0 Å². The number of aliphatic hydroxyl groups is 1. The summed E-state index contributed by atoms with van der Waals surface area (Å²) in [6.07, 6.45) is 0.857. The Morgan fingerprint density at radius 2 is 2.16 bits per heavy atom. The van der Waals surface area contributed by atoms with Crippen molar-refractivity contribution in [1.29, 1.82) is 0 Å². The Balaban J connectivity index is 1.87. The van der Waals surface area contributed by atoms with Gasteiger partial charge in [-0.25, -0.2) is 4.98 Å². The summed E-state index contributed by atoms with van der Waals surface area (Å²) in [4.78, 5) is 4.67. The lowest BCUT2D eigenvalue weighted by molar-refractivity contribution is 0.254. The van der Waals surface area contributed by atoms with Crippen molar-refractivity contribution < 1.29 is 14.6 Å². The summed E-state index contributed by atoms with van der Waals surface area (Å²) in [7, 11) is 3.17. The van der Waals surface area contributed by atoms with Crippen LogP contribution >= 0.6 is 11.6 Å². The van der Waals surface area contributed by atoms with Gasteiger partial charge in [-0.3, -0.25) is 0 Å². The molecule has 1 aromatic carbocycles. The van der Waals surface area contributed by atoms with Gasteiger partial charge in [0.05, 0.1) is 31.5 Å². The van der Waals surface area contributed by atoms with E-state index in [4.69, 9.17) is 21.1 Å². The van der Waals surface area contributed by atoms with Crippen molar-refractivity contribution in [2.24, 2.45) is 0 Å². The predicted octanol–water partition coefficient (Wildman–Crippen LogP) is 2.55. The van der Waals surface area contributed by atoms with Gasteiger partial charge in [-0.05, 0) is 24.6 Å². The highest BCUT2D eigenvalue weighted by atomic mass is 35.5. The van der Waals surface area contributed by atoms with E-state index in [2.05, 4.69) is 15.6 Å². The van der Waals surface area contributed by atoms with Crippen molar-refractivity contribution >= 4 is 17.4 Å². The highest BCUT2D eigenvalue weighted by Gasteiger charge is 2.23. The molecule has 0 unspecified atom stereocenters. The average molecular weight is 364 g/mol. The molecule has 134 valence electrons. The Kier molecular flexibility index (Phi) is 5.63. The van der Waals surface area contributed by atoms with Gasteiger partial charge in [-0.2, -0.15) is 0 Å². The number of anilines is 1. The van der Waals surface area contributed by atoms with Crippen LogP contribution in [-0.4, -0.2) is 49.5 Å². The third kappa shape index (κ3) is 3.98. The van der Waals surface area contributed by atoms with E-state index in [1.807, 2.05) is 24.3 Å². The smallest absolute Gasteiger partial charge is 0.141 e. The maximum atomic E-state index is 9.23. The van der Waals surface area contributed by atoms with Gasteiger partial charge >= 0.3 is 0 Å². The number of halogens is 1. The van der Waals surface area contributed by atoms with Gasteiger partial charge in [0.1, 0.15) is 17.3 Å². The SMILES string of the molecule is COc1cc(OC)c(Cl)c(-c2cccc(N[C@@H]3CN[C@H](CO)C3)n2)c1. The van der Waals surface area contributed by atoms with Gasteiger partial charge in [0.2, 0.25) is 0 Å². The van der Waals surface area contributed by atoms with E-state index in [0.29, 0.717) is 16.5 Å². The first-order valence-corrected chi connectivity index (χ1v) is 8.52. The van der Waals surface area contributed by atoms with Gasteiger partial charge in [0.25, 0.3) is 0 Å². The minimum absolute atomic E-state index is 0.137. The number of aliphatic hydroxyl groups excluding tert-OH is 1. The van der Waals surface area contributed by atoms with Gasteiger partial charge in [0.15, 0.2) is 0 Å². The van der Waals surface area contributed by atoms with Crippen molar-refractivity contribution in [2.45, 2.75) is 18.5 Å². The standard InChI is InChI=1S/C18H22ClN3O3/c1-24-13-7-14(18(19)16(8-13)25-2)15-4-3-5-17(22-15)21-11-6-12(10-23)20-9-11/h3-5,7-8,11-12,20,23H,6,9-10H2,1-2H3,(H,21,22)/t11-,12-/m0/s1. The van der Waals surface area contributed by atoms with Crippen LogP contribution in [0.5, 0.6) is 11.5 Å². The average Bonchev–Trinajstić information content (AvgIpc) is 3.09. The van der Waals surface area contributed by atoms with Crippen molar-refractivity contribution in [2.75, 3.05) is 32.7 Å². The van der Waals surface area contributed by atoms with E-state index < -0.39 is 0 Å². The number of nitrogens with zero attached hydrogens (tertiary/aromatic N) is 1. The van der Waals surface area contributed by atoms with Crippen LogP contribution in [0.4, 0.5) is 5.82 Å². The molecule has 1 aliphatic heterocycles. The number of methoxy groups -OCH3 is 2. The predicted molar refractivity (Wildman–Crippen MR) is 98.7 cm³/mol. The molecule has 3 rings (SSSR count). The summed E-state index contributed by atoms with van der Waals surface area (Å²) < 4.78 is 10.6. The maximum Gasteiger partial charge on any atom is 0.141 e. The fourth-order valence-corrected chi connectivity index (χ4v) is 3.25. The lowest BCUT2D eigenvalue weighted by Gasteiger charge is -2.15. The quantitative estimate of drug-likeness (QED) is 0.732. The van der Waals surface area contributed by atoms with E-state index in [0.717, 1.165) is 30.0 Å². The molecule has 0 bridgehead atoms. The molecule has 0 spiro atoms. The summed E-state index contributed by atoms with van der Waals surface area (Å²) in [5.74, 6) is 1.96. The largest absolute Gasteiger partial charge is 0.497 e. The molecular weight excluding hydrogens is 342 g/mol. The molecule has 1 aliphatic rings. The Morgan fingerprint density at radius 1 is 1.32 bits per heavy atom. The third-order valence-electron chi connectivity index (χ3n) is 4.29. The van der Waals surface area contributed by atoms with Gasteiger partial charge in [-0.1, -0.05) is 17.7 Å². The number of hydrogen-bond donors (Lipinski definition) is 3. The fraction of sp³-hybridized carbons (Fsp3) is 0.389. The monoisotopic (exact) mass is 363 g/mol. The van der Waals surface area contributed by atoms with Crippen molar-refractivity contribution in [3.63, 3.8) is 0 Å². The molecule has 25 heavy (non-hydrogen) atoms. The molecular formula is C18H22ClN3O3. The van der Waals surface area contributed by atoms with E-state index in [9.17, 15) is 5.11 Å². The number of benzene rings is 1. The molecule has 1 saturated heterocycles. The van der Waals surface area contributed by atoms with Crippen LogP contribution in [0.2, 0.25) is 5.02 Å². The van der Waals surface area contributed by atoms with Gasteiger partial charge < -0.3 is 25.2 Å². The molecule has 2 heterocycles. The van der Waals surface area contributed by atoms with Gasteiger partial charge in [0, 0.05) is 30.3 Å². The fourth-order valence-electron chi connectivity index (χ4n) is 2.97. The van der Waals surface area contributed by atoms with Crippen molar-refractivity contribution in [3.8, 4) is 22.8 Å². The first-order chi connectivity index (χ1) is 12.1. The molecule has 7 heteroatoms. The first-order valence-electron chi connectivity index (χ1n) is 8.14. The molecule has 3 N–H and O–H groups in total. The maximum absolute atomic E-state index is 9.23. The number of ether oxygens (including phenoxy) is 2. The summed E-state index contributed by atoms with van der Waals surface area (Å²) in [6, 6.07) is 9.70. The molecule has 0 radical (unpaired) electrons. The molecule has 2 atom stereocenters. The Labute approximate surface area is 152 Å². The lowest BCUT2D eigenvalue weighted by Crippen LogP contribution is -2.25. The number of hydrogen-bond acceptors (Lipinski definition) is 6. The second-order valence-electron chi connectivity index (χ2n) is 5.96. The van der Waals surface area contributed by atoms with Crippen molar-refractivity contribution in [3.05, 3.63) is 35.4 Å². The molecule has 1 aromatic heterocycles. The van der Waals surface area contributed by atoms with E-state index in [1.165, 1.54) is 0 Å². The number of nitrogens with one attached hydrogen (secondary N) is 2. The van der Waals surface area contributed by atoms with Crippen LogP contribution in [0.3, 0.4) is 0 Å². The second kappa shape index (κ2) is 7.91. The number of pyridine rings is 1. The number of aromatic nitrogens is 1. The Hall–Kier alpha value is -2.02. The summed E-state index contributed by atoms with van der Waals surface area (Å²) in [6.45, 7) is 0.940. The van der Waals surface area contributed by atoms with E-state index in [-0.39, 0.29) is 18.7 Å². The zero-order valence-electron chi connectivity index (χ0n) is 14.3. The van der Waals surface area contributed by atoms with Crippen LogP contribution in [0.1, 0.15) is 6.42 Å². The zero-order chi connectivity index (χ0) is 17.8. The van der Waals surface area contributed by atoms with E-state index >= 15 is 0 Å². The highest BCUT2D eigenvalue weighted by molar-refractivity contribution is 6.34.